The van der Waals surface area contributed by atoms with Crippen LogP contribution in [0, 0.1) is 13.8 Å². The third-order valence-corrected chi connectivity index (χ3v) is 3.96. The van der Waals surface area contributed by atoms with E-state index in [-0.39, 0.29) is 6.03 Å². The highest BCUT2D eigenvalue weighted by Crippen LogP contribution is 2.15. The predicted octanol–water partition coefficient (Wildman–Crippen LogP) is 2.98. The number of rotatable bonds is 6. The number of para-hydroxylation sites is 1. The highest BCUT2D eigenvalue weighted by Gasteiger charge is 2.10. The Labute approximate surface area is 134 Å². The molecule has 6 heteroatoms. The maximum Gasteiger partial charge on any atom is 0.317 e. The van der Waals surface area contributed by atoms with Crippen molar-refractivity contribution in [2.75, 3.05) is 20.2 Å². The second-order valence-corrected chi connectivity index (χ2v) is 6.12. The Morgan fingerprint density at radius 1 is 1.36 bits per heavy atom. The first-order valence-corrected chi connectivity index (χ1v) is 8.02. The van der Waals surface area contributed by atoms with Crippen LogP contribution in [-0.2, 0) is 6.54 Å². The zero-order valence-electron chi connectivity index (χ0n) is 13.1. The molecule has 118 valence electrons. The Kier molecular flexibility index (Phi) is 5.77. The van der Waals surface area contributed by atoms with Crippen molar-refractivity contribution in [3.8, 4) is 5.75 Å². The Bertz CT molecular complexity index is 627. The number of amides is 2. The minimum absolute atomic E-state index is 0.126. The first-order valence-electron chi connectivity index (χ1n) is 7.14. The van der Waals surface area contributed by atoms with Gasteiger partial charge in [0.25, 0.3) is 0 Å². The number of hydrogen-bond acceptors (Lipinski definition) is 4. The van der Waals surface area contributed by atoms with Gasteiger partial charge in [0.05, 0.1) is 23.8 Å². The van der Waals surface area contributed by atoms with E-state index in [0.717, 1.165) is 22.0 Å². The molecular formula is C16H21N3O2S. The van der Waals surface area contributed by atoms with Crippen molar-refractivity contribution in [1.29, 1.82) is 0 Å². The number of hydrogen-bond donors (Lipinski definition) is 1. The van der Waals surface area contributed by atoms with Crippen molar-refractivity contribution >= 4 is 17.4 Å². The molecule has 0 saturated carbocycles. The molecule has 5 nitrogen and oxygen atoms in total. The van der Waals surface area contributed by atoms with E-state index in [1.54, 1.807) is 23.3 Å². The van der Waals surface area contributed by atoms with Crippen LogP contribution < -0.4 is 10.1 Å². The van der Waals surface area contributed by atoms with E-state index >= 15 is 0 Å². The van der Waals surface area contributed by atoms with Gasteiger partial charge in [0, 0.05) is 12.4 Å². The molecule has 22 heavy (non-hydrogen) atoms. The largest absolute Gasteiger partial charge is 0.491 e. The summed E-state index contributed by atoms with van der Waals surface area (Å²) in [5.74, 6) is 0.850. The molecular weight excluding hydrogens is 298 g/mol. The molecule has 0 aliphatic rings. The lowest BCUT2D eigenvalue weighted by Gasteiger charge is -2.17. The molecule has 0 atom stereocenters. The fourth-order valence-electron chi connectivity index (χ4n) is 1.97. The summed E-state index contributed by atoms with van der Waals surface area (Å²) in [6.07, 6.45) is 0. The van der Waals surface area contributed by atoms with Gasteiger partial charge in [-0.05, 0) is 25.5 Å². The number of thiazole rings is 1. The number of nitrogens with zero attached hydrogens (tertiary/aromatic N) is 2. The molecule has 1 aromatic carbocycles. The van der Waals surface area contributed by atoms with Gasteiger partial charge in [0.15, 0.2) is 0 Å². The van der Waals surface area contributed by atoms with Crippen LogP contribution in [0.15, 0.2) is 29.6 Å². The molecule has 0 unspecified atom stereocenters. The number of urea groups is 1. The van der Waals surface area contributed by atoms with Gasteiger partial charge in [-0.3, -0.25) is 0 Å². The number of aromatic nitrogens is 1. The fraction of sp³-hybridized carbons (Fsp3) is 0.375. The van der Waals surface area contributed by atoms with E-state index in [4.69, 9.17) is 4.74 Å². The summed E-state index contributed by atoms with van der Waals surface area (Å²) in [6.45, 7) is 5.37. The molecule has 0 saturated heterocycles. The monoisotopic (exact) mass is 319 g/mol. The number of benzene rings is 1. The van der Waals surface area contributed by atoms with Crippen LogP contribution in [0.2, 0.25) is 0 Å². The van der Waals surface area contributed by atoms with Crippen molar-refractivity contribution in [2.45, 2.75) is 20.4 Å². The average Bonchev–Trinajstić information content (AvgIpc) is 2.90. The average molecular weight is 319 g/mol. The van der Waals surface area contributed by atoms with E-state index in [2.05, 4.69) is 10.3 Å². The van der Waals surface area contributed by atoms with E-state index in [9.17, 15) is 4.79 Å². The Morgan fingerprint density at radius 3 is 2.82 bits per heavy atom. The topological polar surface area (TPSA) is 54.5 Å². The standard InChI is InChI=1S/C16H21N3O2S/c1-12-6-4-5-7-15(12)21-9-8-17-16(20)19(3)10-14-11-22-13(2)18-14/h4-7,11H,8-10H2,1-3H3,(H,17,20). The normalized spacial score (nSPS) is 10.3. The summed E-state index contributed by atoms with van der Waals surface area (Å²) in [7, 11) is 1.76. The first-order chi connectivity index (χ1) is 10.6. The molecule has 1 N–H and O–H groups in total. The highest BCUT2D eigenvalue weighted by atomic mass is 32.1. The van der Waals surface area contributed by atoms with Gasteiger partial charge in [-0.15, -0.1) is 11.3 Å². The van der Waals surface area contributed by atoms with Crippen molar-refractivity contribution in [3.05, 3.63) is 45.9 Å². The molecule has 0 radical (unpaired) electrons. The Hall–Kier alpha value is -2.08. The quantitative estimate of drug-likeness (QED) is 0.833. The van der Waals surface area contributed by atoms with Crippen LogP contribution in [0.1, 0.15) is 16.3 Å². The Morgan fingerprint density at radius 2 is 2.14 bits per heavy atom. The molecule has 0 spiro atoms. The zero-order valence-corrected chi connectivity index (χ0v) is 13.9. The summed E-state index contributed by atoms with van der Waals surface area (Å²) in [5, 5.41) is 5.82. The minimum Gasteiger partial charge on any atom is -0.491 e. The second kappa shape index (κ2) is 7.79. The smallest absolute Gasteiger partial charge is 0.317 e. The third-order valence-electron chi connectivity index (χ3n) is 3.14. The van der Waals surface area contributed by atoms with Crippen molar-refractivity contribution < 1.29 is 9.53 Å². The molecule has 1 aromatic heterocycles. The fourth-order valence-corrected chi connectivity index (χ4v) is 2.57. The number of ether oxygens (including phenoxy) is 1. The van der Waals surface area contributed by atoms with Gasteiger partial charge >= 0.3 is 6.03 Å². The van der Waals surface area contributed by atoms with Gasteiger partial charge in [0.1, 0.15) is 12.4 Å². The summed E-state index contributed by atoms with van der Waals surface area (Å²) in [5.41, 5.74) is 2.00. The van der Waals surface area contributed by atoms with Gasteiger partial charge < -0.3 is 15.0 Å². The molecule has 0 aliphatic carbocycles. The highest BCUT2D eigenvalue weighted by molar-refractivity contribution is 7.09. The van der Waals surface area contributed by atoms with Crippen molar-refractivity contribution in [1.82, 2.24) is 15.2 Å². The second-order valence-electron chi connectivity index (χ2n) is 5.06. The van der Waals surface area contributed by atoms with Crippen molar-refractivity contribution in [3.63, 3.8) is 0 Å². The zero-order chi connectivity index (χ0) is 15.9. The lowest BCUT2D eigenvalue weighted by atomic mass is 10.2. The van der Waals surface area contributed by atoms with E-state index in [0.29, 0.717) is 19.7 Å². The maximum absolute atomic E-state index is 12.0. The van der Waals surface area contributed by atoms with Gasteiger partial charge in [-0.25, -0.2) is 9.78 Å². The summed E-state index contributed by atoms with van der Waals surface area (Å²) in [4.78, 5) is 17.9. The number of nitrogens with one attached hydrogen (secondary N) is 1. The minimum atomic E-state index is -0.126. The number of carbonyl (C=O) groups is 1. The molecule has 0 fully saturated rings. The lowest BCUT2D eigenvalue weighted by Crippen LogP contribution is -2.38. The molecule has 2 amide bonds. The van der Waals surface area contributed by atoms with Gasteiger partial charge in [-0.1, -0.05) is 18.2 Å². The summed E-state index contributed by atoms with van der Waals surface area (Å²) in [6, 6.07) is 7.70. The lowest BCUT2D eigenvalue weighted by molar-refractivity contribution is 0.203. The van der Waals surface area contributed by atoms with Gasteiger partial charge in [0.2, 0.25) is 0 Å². The SMILES string of the molecule is Cc1nc(CN(C)C(=O)NCCOc2ccccc2C)cs1. The van der Waals surface area contributed by atoms with Crippen LogP contribution in [0.3, 0.4) is 0 Å². The van der Waals surface area contributed by atoms with E-state index < -0.39 is 0 Å². The molecule has 0 bridgehead atoms. The first kappa shape index (κ1) is 16.3. The number of aryl methyl sites for hydroxylation is 2. The van der Waals surface area contributed by atoms with Crippen molar-refractivity contribution in [2.24, 2.45) is 0 Å². The Balaban J connectivity index is 1.70. The van der Waals surface area contributed by atoms with E-state index in [1.807, 2.05) is 43.5 Å². The summed E-state index contributed by atoms with van der Waals surface area (Å²) >= 11 is 1.59. The molecule has 2 aromatic rings. The van der Waals surface area contributed by atoms with Gasteiger partial charge in [-0.2, -0.15) is 0 Å². The molecule has 2 rings (SSSR count). The van der Waals surface area contributed by atoms with Crippen LogP contribution in [0.5, 0.6) is 5.75 Å². The van der Waals surface area contributed by atoms with Crippen LogP contribution >= 0.6 is 11.3 Å². The van der Waals surface area contributed by atoms with E-state index in [1.165, 1.54) is 0 Å². The third kappa shape index (κ3) is 4.73. The van der Waals surface area contributed by atoms with Crippen LogP contribution in [-0.4, -0.2) is 36.1 Å². The number of carbonyl (C=O) groups excluding carboxylic acids is 1. The van der Waals surface area contributed by atoms with Crippen LogP contribution in [0.4, 0.5) is 4.79 Å². The molecule has 0 aliphatic heterocycles. The maximum atomic E-state index is 12.0. The van der Waals surface area contributed by atoms with Crippen LogP contribution in [0.25, 0.3) is 0 Å². The molecule has 1 heterocycles. The summed E-state index contributed by atoms with van der Waals surface area (Å²) < 4.78 is 5.64. The predicted molar refractivity (Wildman–Crippen MR) is 88.4 cm³/mol.